The van der Waals surface area contributed by atoms with E-state index in [1.54, 1.807) is 5.06 Å². The topological polar surface area (TPSA) is 32.6 Å². The molecule has 0 aromatic heterocycles. The third-order valence-corrected chi connectivity index (χ3v) is 3.13. The van der Waals surface area contributed by atoms with Gasteiger partial charge in [-0.15, -0.1) is 0 Å². The summed E-state index contributed by atoms with van der Waals surface area (Å²) in [6.45, 7) is 0. The Balaban J connectivity index is 1.89. The van der Waals surface area contributed by atoms with E-state index in [9.17, 15) is 4.79 Å². The molecule has 2 saturated heterocycles. The van der Waals surface area contributed by atoms with Crippen LogP contribution in [0.5, 0.6) is 0 Å². The number of rotatable bonds is 0. The zero-order chi connectivity index (χ0) is 7.42. The molecule has 0 aromatic carbocycles. The Morgan fingerprint density at radius 2 is 2.18 bits per heavy atom. The van der Waals surface area contributed by atoms with Gasteiger partial charge in [0.05, 0.1) is 0 Å². The van der Waals surface area contributed by atoms with E-state index in [-0.39, 0.29) is 12.1 Å². The molecular weight excluding hydrogens is 142 g/mol. The fourth-order valence-corrected chi connectivity index (χ4v) is 2.49. The molecule has 1 amide bonds. The van der Waals surface area contributed by atoms with Gasteiger partial charge in [-0.2, -0.15) is 5.06 Å². The highest BCUT2D eigenvalue weighted by atomic mass is 16.8. The summed E-state index contributed by atoms with van der Waals surface area (Å²) in [7, 11) is 0. The van der Waals surface area contributed by atoms with Crippen molar-refractivity contribution in [3.63, 3.8) is 0 Å². The Morgan fingerprint density at radius 1 is 1.36 bits per heavy atom. The lowest BCUT2D eigenvalue weighted by Crippen LogP contribution is -2.25. The highest BCUT2D eigenvalue weighted by molar-refractivity contribution is 5.82. The lowest BCUT2D eigenvalue weighted by atomic mass is 9.81. The zero-order valence-electron chi connectivity index (χ0n) is 6.32. The summed E-state index contributed by atoms with van der Waals surface area (Å²) in [6.07, 6.45) is 4.99. The smallest absolute Gasteiger partial charge is 0.252 e. The molecule has 11 heavy (non-hydrogen) atoms. The number of carbonyl (C=O) groups excluding carboxylic acids is 1. The molecule has 2 aliphatic heterocycles. The lowest BCUT2D eigenvalue weighted by molar-refractivity contribution is -0.137. The van der Waals surface area contributed by atoms with Crippen LogP contribution in [0.15, 0.2) is 0 Å². The van der Waals surface area contributed by atoms with Gasteiger partial charge in [0.25, 0.3) is 5.91 Å². The maximum atomic E-state index is 11.4. The number of hydroxylamine groups is 2. The molecule has 1 saturated carbocycles. The van der Waals surface area contributed by atoms with E-state index < -0.39 is 0 Å². The molecule has 2 heterocycles. The molecule has 60 valence electrons. The fourth-order valence-electron chi connectivity index (χ4n) is 2.49. The quantitative estimate of drug-likeness (QED) is 0.484. The van der Waals surface area contributed by atoms with Crippen LogP contribution in [-0.2, 0) is 9.63 Å². The lowest BCUT2D eigenvalue weighted by Gasteiger charge is -2.22. The van der Waals surface area contributed by atoms with Crippen molar-refractivity contribution in [2.75, 3.05) is 0 Å². The van der Waals surface area contributed by atoms with Gasteiger partial charge in [0.2, 0.25) is 0 Å². The first-order valence-corrected chi connectivity index (χ1v) is 4.38. The van der Waals surface area contributed by atoms with Gasteiger partial charge >= 0.3 is 0 Å². The van der Waals surface area contributed by atoms with Crippen LogP contribution in [0.2, 0.25) is 0 Å². The summed E-state index contributed by atoms with van der Waals surface area (Å²) < 4.78 is 0. The molecule has 3 unspecified atom stereocenters. The van der Waals surface area contributed by atoms with Crippen molar-refractivity contribution in [3.05, 3.63) is 0 Å². The van der Waals surface area contributed by atoms with Gasteiger partial charge in [-0.05, 0) is 12.8 Å². The van der Waals surface area contributed by atoms with E-state index in [0.29, 0.717) is 11.8 Å². The van der Waals surface area contributed by atoms with Crippen molar-refractivity contribution in [2.45, 2.75) is 31.9 Å². The van der Waals surface area contributed by atoms with Gasteiger partial charge in [0, 0.05) is 11.8 Å². The molecule has 3 fully saturated rings. The Labute approximate surface area is 65.3 Å². The molecule has 0 N–H and O–H groups in total. The van der Waals surface area contributed by atoms with Crippen LogP contribution in [-0.4, -0.2) is 17.2 Å². The summed E-state index contributed by atoms with van der Waals surface area (Å²) in [5.74, 6) is 1.11. The number of nitrogens with zero attached hydrogens (tertiary/aromatic N) is 1. The van der Waals surface area contributed by atoms with Crippen molar-refractivity contribution in [1.82, 2.24) is 5.06 Å². The molecule has 3 aliphatic rings. The van der Waals surface area contributed by atoms with E-state index in [2.05, 4.69) is 0 Å². The standard InChI is InChI=1S/C8H11NO2/c10-7-5-3-1-2-4-6(5)8-9(7)11-8/h5-6,8H,1-4H2. The second kappa shape index (κ2) is 1.78. The first kappa shape index (κ1) is 6.00. The van der Waals surface area contributed by atoms with Crippen LogP contribution in [0, 0.1) is 11.8 Å². The van der Waals surface area contributed by atoms with Crippen LogP contribution in [0.4, 0.5) is 0 Å². The van der Waals surface area contributed by atoms with E-state index in [1.807, 2.05) is 0 Å². The van der Waals surface area contributed by atoms with Crippen molar-refractivity contribution in [1.29, 1.82) is 0 Å². The molecule has 3 atom stereocenters. The normalized spacial score (nSPS) is 47.1. The minimum Gasteiger partial charge on any atom is -0.272 e. The summed E-state index contributed by atoms with van der Waals surface area (Å²) in [4.78, 5) is 16.5. The molecule has 0 aromatic rings. The Hall–Kier alpha value is -0.570. The minimum absolute atomic E-state index is 0.188. The van der Waals surface area contributed by atoms with E-state index >= 15 is 0 Å². The summed E-state index contributed by atoms with van der Waals surface area (Å²) in [5, 5.41) is 1.57. The largest absolute Gasteiger partial charge is 0.272 e. The van der Waals surface area contributed by atoms with Gasteiger partial charge in [0.15, 0.2) is 6.23 Å². The molecule has 3 heteroatoms. The number of carbonyl (C=O) groups is 1. The SMILES string of the molecule is O=C1C2CCCCC2C2ON12. The molecule has 1 aliphatic carbocycles. The Bertz CT molecular complexity index is 216. The minimum atomic E-state index is 0.188. The highest BCUT2D eigenvalue weighted by Crippen LogP contribution is 2.48. The van der Waals surface area contributed by atoms with E-state index in [0.717, 1.165) is 6.42 Å². The molecule has 0 radical (unpaired) electrons. The van der Waals surface area contributed by atoms with E-state index in [4.69, 9.17) is 4.84 Å². The second-order valence-electron chi connectivity index (χ2n) is 3.71. The average molecular weight is 153 g/mol. The van der Waals surface area contributed by atoms with Gasteiger partial charge < -0.3 is 0 Å². The maximum absolute atomic E-state index is 11.4. The average Bonchev–Trinajstić information content (AvgIpc) is 2.78. The molecule has 3 rings (SSSR count). The summed E-state index contributed by atoms with van der Waals surface area (Å²) in [6, 6.07) is 0. The number of hydrogen-bond donors (Lipinski definition) is 0. The van der Waals surface area contributed by atoms with Crippen LogP contribution >= 0.6 is 0 Å². The maximum Gasteiger partial charge on any atom is 0.252 e. The predicted molar refractivity (Wildman–Crippen MR) is 37.2 cm³/mol. The van der Waals surface area contributed by atoms with Gasteiger partial charge in [0.1, 0.15) is 0 Å². The van der Waals surface area contributed by atoms with Crippen LogP contribution < -0.4 is 0 Å². The van der Waals surface area contributed by atoms with Gasteiger partial charge in [-0.25, -0.2) is 4.84 Å². The monoisotopic (exact) mass is 153 g/mol. The van der Waals surface area contributed by atoms with Crippen molar-refractivity contribution >= 4 is 5.91 Å². The predicted octanol–water partition coefficient (Wildman–Crippen LogP) is 0.906. The van der Waals surface area contributed by atoms with Crippen molar-refractivity contribution in [2.24, 2.45) is 11.8 Å². The number of amides is 1. The van der Waals surface area contributed by atoms with Crippen molar-refractivity contribution < 1.29 is 9.63 Å². The first-order chi connectivity index (χ1) is 5.38. The Morgan fingerprint density at radius 3 is 3.00 bits per heavy atom. The number of fused-ring (bicyclic) bond motifs is 3. The van der Waals surface area contributed by atoms with E-state index in [1.165, 1.54) is 19.3 Å². The fraction of sp³-hybridized carbons (Fsp3) is 0.875. The van der Waals surface area contributed by atoms with Crippen LogP contribution in [0.25, 0.3) is 0 Å². The Kier molecular flexibility index (Phi) is 0.969. The third-order valence-electron chi connectivity index (χ3n) is 3.13. The van der Waals surface area contributed by atoms with Gasteiger partial charge in [-0.3, -0.25) is 4.79 Å². The van der Waals surface area contributed by atoms with Crippen molar-refractivity contribution in [3.8, 4) is 0 Å². The summed E-state index contributed by atoms with van der Waals surface area (Å²) in [5.41, 5.74) is 0. The summed E-state index contributed by atoms with van der Waals surface area (Å²) >= 11 is 0. The molecular formula is C8H11NO2. The first-order valence-electron chi connectivity index (χ1n) is 4.38. The second-order valence-corrected chi connectivity index (χ2v) is 3.71. The third kappa shape index (κ3) is 0.644. The van der Waals surface area contributed by atoms with Crippen LogP contribution in [0.3, 0.4) is 0 Å². The number of hydrogen-bond acceptors (Lipinski definition) is 2. The zero-order valence-corrected chi connectivity index (χ0v) is 6.32. The van der Waals surface area contributed by atoms with Crippen LogP contribution in [0.1, 0.15) is 25.7 Å². The highest BCUT2D eigenvalue weighted by Gasteiger charge is 2.60. The van der Waals surface area contributed by atoms with Gasteiger partial charge in [-0.1, -0.05) is 12.8 Å². The molecule has 3 nitrogen and oxygen atoms in total. The molecule has 0 bridgehead atoms. The molecule has 0 spiro atoms.